The Morgan fingerprint density at radius 1 is 1.17 bits per heavy atom. The summed E-state index contributed by atoms with van der Waals surface area (Å²) in [6.45, 7) is 1.36. The molecule has 2 aromatic rings. The first-order valence-corrected chi connectivity index (χ1v) is 9.30. The molecule has 7 nitrogen and oxygen atoms in total. The first-order chi connectivity index (χ1) is 14.2. The second-order valence-corrected chi connectivity index (χ2v) is 7.10. The third-order valence-electron chi connectivity index (χ3n) is 4.19. The van der Waals surface area contributed by atoms with Crippen LogP contribution in [0, 0.1) is 16.7 Å². The van der Waals surface area contributed by atoms with Crippen molar-refractivity contribution in [3.05, 3.63) is 80.7 Å². The molecule has 0 saturated carbocycles. The molecule has 1 heterocycles. The highest BCUT2D eigenvalue weighted by atomic mass is 35.5. The van der Waals surface area contributed by atoms with Gasteiger partial charge in [-0.15, -0.1) is 0 Å². The summed E-state index contributed by atoms with van der Waals surface area (Å²) in [5.74, 6) is -1.82. The van der Waals surface area contributed by atoms with Gasteiger partial charge in [-0.25, -0.2) is 0 Å². The van der Waals surface area contributed by atoms with E-state index in [1.807, 2.05) is 0 Å². The van der Waals surface area contributed by atoms with Gasteiger partial charge >= 0.3 is 0 Å². The molecule has 1 aliphatic heterocycles. The van der Waals surface area contributed by atoms with Gasteiger partial charge in [-0.05, 0) is 48.0 Å². The van der Waals surface area contributed by atoms with Crippen LogP contribution >= 0.6 is 23.2 Å². The molecule has 0 fully saturated rings. The molecule has 1 aliphatic rings. The minimum absolute atomic E-state index is 0.0362. The molecule has 0 unspecified atom stereocenters. The molecule has 0 aromatic heterocycles. The summed E-state index contributed by atoms with van der Waals surface area (Å²) in [4.78, 5) is 25.2. The van der Waals surface area contributed by atoms with Gasteiger partial charge in [0.05, 0.1) is 15.7 Å². The molecule has 30 heavy (non-hydrogen) atoms. The van der Waals surface area contributed by atoms with Gasteiger partial charge in [0.2, 0.25) is 5.91 Å². The lowest BCUT2D eigenvalue weighted by atomic mass is 10.1. The van der Waals surface area contributed by atoms with Gasteiger partial charge in [0, 0.05) is 18.2 Å². The summed E-state index contributed by atoms with van der Waals surface area (Å²) in [7, 11) is 0. The maximum absolute atomic E-state index is 13.1. The smallest absolute Gasteiger partial charge is 0.264 e. The van der Waals surface area contributed by atoms with Crippen molar-refractivity contribution in [3.8, 4) is 6.07 Å². The zero-order valence-corrected chi connectivity index (χ0v) is 17.0. The Kier molecular flexibility index (Phi) is 5.92. The molecule has 3 N–H and O–H groups in total. The number of aliphatic hydroxyl groups is 1. The van der Waals surface area contributed by atoms with Crippen molar-refractivity contribution in [1.29, 1.82) is 10.7 Å². The molecule has 9 heteroatoms. The molecule has 0 bridgehead atoms. The number of amidine groups is 1. The zero-order valence-electron chi connectivity index (χ0n) is 15.5. The largest absolute Gasteiger partial charge is 0.504 e. The Balaban J connectivity index is 2.02. The summed E-state index contributed by atoms with van der Waals surface area (Å²) < 4.78 is 0. The molecular formula is C21H14Cl2N4O3. The van der Waals surface area contributed by atoms with Crippen LogP contribution in [0.15, 0.2) is 59.5 Å². The number of carbonyl (C=O) groups excluding carboxylic acids is 2. The fraction of sp³-hybridized carbons (Fsp3) is 0.0476. The van der Waals surface area contributed by atoms with Crippen LogP contribution in [-0.4, -0.2) is 27.7 Å². The van der Waals surface area contributed by atoms with Crippen LogP contribution in [0.5, 0.6) is 0 Å². The second-order valence-electron chi connectivity index (χ2n) is 6.29. The molecule has 2 aromatic carbocycles. The van der Waals surface area contributed by atoms with Gasteiger partial charge in [0.1, 0.15) is 11.6 Å². The van der Waals surface area contributed by atoms with E-state index in [2.05, 4.69) is 5.32 Å². The monoisotopic (exact) mass is 440 g/mol. The second kappa shape index (κ2) is 8.41. The van der Waals surface area contributed by atoms with Crippen molar-refractivity contribution in [2.45, 2.75) is 6.92 Å². The number of hydrogen-bond acceptors (Lipinski definition) is 5. The average Bonchev–Trinajstić information content (AvgIpc) is 2.93. The highest BCUT2D eigenvalue weighted by Crippen LogP contribution is 2.32. The van der Waals surface area contributed by atoms with Gasteiger partial charge in [-0.3, -0.25) is 19.9 Å². The van der Waals surface area contributed by atoms with E-state index in [1.165, 1.54) is 43.3 Å². The first kappa shape index (κ1) is 21.1. The van der Waals surface area contributed by atoms with E-state index >= 15 is 0 Å². The standard InChI is InChI=1S/C21H14Cl2N4O3/c1-11(28)26-14-5-3-13(4-6-14)21(30)27-18(19(29)15(10-24)20(27)25)9-12-2-7-16(22)17(23)8-12/h2-9,25,29H,1H3,(H,26,28). The fourth-order valence-electron chi connectivity index (χ4n) is 2.82. The van der Waals surface area contributed by atoms with Crippen LogP contribution in [-0.2, 0) is 4.79 Å². The molecule has 150 valence electrons. The minimum atomic E-state index is -0.627. The Labute approximate surface area is 181 Å². The lowest BCUT2D eigenvalue weighted by Crippen LogP contribution is -2.32. The van der Waals surface area contributed by atoms with Crippen LogP contribution < -0.4 is 5.32 Å². The first-order valence-electron chi connectivity index (χ1n) is 8.54. The van der Waals surface area contributed by atoms with Gasteiger partial charge in [0.25, 0.3) is 5.91 Å². The quantitative estimate of drug-likeness (QED) is 0.637. The maximum Gasteiger partial charge on any atom is 0.264 e. The van der Waals surface area contributed by atoms with Crippen LogP contribution in [0.25, 0.3) is 6.08 Å². The zero-order chi connectivity index (χ0) is 22.0. The number of amides is 2. The number of hydrogen-bond donors (Lipinski definition) is 3. The summed E-state index contributed by atoms with van der Waals surface area (Å²) in [5.41, 5.74) is 0.842. The van der Waals surface area contributed by atoms with Crippen molar-refractivity contribution in [1.82, 2.24) is 4.90 Å². The lowest BCUT2D eigenvalue weighted by Gasteiger charge is -2.19. The number of benzene rings is 2. The number of nitrogens with one attached hydrogen (secondary N) is 2. The fourth-order valence-corrected chi connectivity index (χ4v) is 3.12. The van der Waals surface area contributed by atoms with Crippen molar-refractivity contribution >= 4 is 52.6 Å². The predicted molar refractivity (Wildman–Crippen MR) is 114 cm³/mol. The van der Waals surface area contributed by atoms with Crippen LogP contribution in [0.1, 0.15) is 22.8 Å². The topological polar surface area (TPSA) is 117 Å². The molecule has 3 rings (SSSR count). The van der Waals surface area contributed by atoms with Crippen LogP contribution in [0.4, 0.5) is 5.69 Å². The summed E-state index contributed by atoms with van der Waals surface area (Å²) in [6, 6.07) is 12.5. The van der Waals surface area contributed by atoms with Crippen molar-refractivity contribution < 1.29 is 14.7 Å². The highest BCUT2D eigenvalue weighted by Gasteiger charge is 2.37. The molecule has 0 spiro atoms. The number of anilines is 1. The Morgan fingerprint density at radius 2 is 1.83 bits per heavy atom. The highest BCUT2D eigenvalue weighted by molar-refractivity contribution is 6.42. The average molecular weight is 441 g/mol. The van der Waals surface area contributed by atoms with E-state index in [1.54, 1.807) is 18.2 Å². The number of nitriles is 1. The van der Waals surface area contributed by atoms with E-state index in [0.29, 0.717) is 16.3 Å². The van der Waals surface area contributed by atoms with E-state index in [9.17, 15) is 20.0 Å². The molecule has 0 radical (unpaired) electrons. The molecular weight excluding hydrogens is 427 g/mol. The van der Waals surface area contributed by atoms with E-state index in [0.717, 1.165) is 4.90 Å². The lowest BCUT2D eigenvalue weighted by molar-refractivity contribution is -0.114. The SMILES string of the molecule is CC(=O)Nc1ccc(C(=O)N2C(=N)C(C#N)=C(O)C2=Cc2ccc(Cl)c(Cl)c2)cc1. The number of aliphatic hydroxyl groups excluding tert-OH is 1. The summed E-state index contributed by atoms with van der Waals surface area (Å²) in [5, 5.41) is 31.2. The predicted octanol–water partition coefficient (Wildman–Crippen LogP) is 4.76. The Bertz CT molecular complexity index is 1180. The number of rotatable bonds is 3. The van der Waals surface area contributed by atoms with Crippen LogP contribution in [0.3, 0.4) is 0 Å². The van der Waals surface area contributed by atoms with Gasteiger partial charge in [-0.1, -0.05) is 29.3 Å². The summed E-state index contributed by atoms with van der Waals surface area (Å²) >= 11 is 11.9. The molecule has 2 amide bonds. The Morgan fingerprint density at radius 3 is 2.40 bits per heavy atom. The van der Waals surface area contributed by atoms with Crippen LogP contribution in [0.2, 0.25) is 10.0 Å². The third-order valence-corrected chi connectivity index (χ3v) is 4.93. The minimum Gasteiger partial charge on any atom is -0.504 e. The molecule has 0 aliphatic carbocycles. The van der Waals surface area contributed by atoms with Gasteiger partial charge < -0.3 is 10.4 Å². The van der Waals surface area contributed by atoms with E-state index in [4.69, 9.17) is 28.6 Å². The van der Waals surface area contributed by atoms with Gasteiger partial charge in [-0.2, -0.15) is 5.26 Å². The van der Waals surface area contributed by atoms with Crippen molar-refractivity contribution in [2.24, 2.45) is 0 Å². The molecule has 0 saturated heterocycles. The van der Waals surface area contributed by atoms with Crippen molar-refractivity contribution in [3.63, 3.8) is 0 Å². The number of nitrogens with zero attached hydrogens (tertiary/aromatic N) is 2. The van der Waals surface area contributed by atoms with E-state index < -0.39 is 17.5 Å². The number of carbonyl (C=O) groups is 2. The van der Waals surface area contributed by atoms with E-state index in [-0.39, 0.29) is 27.8 Å². The summed E-state index contributed by atoms with van der Waals surface area (Å²) in [6.07, 6.45) is 1.43. The van der Waals surface area contributed by atoms with Crippen molar-refractivity contribution in [2.75, 3.05) is 5.32 Å². The van der Waals surface area contributed by atoms with Gasteiger partial charge in [0.15, 0.2) is 11.6 Å². The third kappa shape index (κ3) is 4.06. The molecule has 0 atom stereocenters. The number of halogens is 2. The maximum atomic E-state index is 13.1. The Hall–Kier alpha value is -3.60. The normalized spacial score (nSPS) is 14.8.